The van der Waals surface area contributed by atoms with Gasteiger partial charge >= 0.3 is 0 Å². The summed E-state index contributed by atoms with van der Waals surface area (Å²) in [6.45, 7) is 8.36. The molecule has 3 aliphatic carbocycles. The van der Waals surface area contributed by atoms with E-state index < -0.39 is 0 Å². The van der Waals surface area contributed by atoms with Crippen molar-refractivity contribution in [2.45, 2.75) is 24.7 Å². The maximum atomic E-state index is 4.18. The Morgan fingerprint density at radius 3 is 2.00 bits per heavy atom. The predicted molar refractivity (Wildman–Crippen MR) is 118 cm³/mol. The van der Waals surface area contributed by atoms with Gasteiger partial charge in [0.05, 0.1) is 0 Å². The molecule has 3 aliphatic rings. The molecule has 138 valence electrons. The summed E-state index contributed by atoms with van der Waals surface area (Å²) in [6, 6.07) is 22.9. The smallest absolute Gasteiger partial charge is 0.0221 e. The van der Waals surface area contributed by atoms with Gasteiger partial charge in [0.2, 0.25) is 0 Å². The molecule has 2 fully saturated rings. The number of hydrogen-bond acceptors (Lipinski definition) is 0. The lowest BCUT2D eigenvalue weighted by molar-refractivity contribution is 0.381. The molecule has 6 rings (SSSR count). The molecular formula is C28H26. The zero-order valence-electron chi connectivity index (χ0n) is 16.3. The molecule has 28 heavy (non-hydrogen) atoms. The van der Waals surface area contributed by atoms with Crippen molar-refractivity contribution in [2.24, 2.45) is 23.7 Å². The van der Waals surface area contributed by atoms with Crippen LogP contribution < -0.4 is 0 Å². The Balaban J connectivity index is 1.60. The van der Waals surface area contributed by atoms with Crippen molar-refractivity contribution >= 4 is 10.8 Å². The number of allylic oxidation sites excluding steroid dienone is 2. The molecule has 4 atom stereocenters. The highest BCUT2D eigenvalue weighted by Gasteiger charge is 2.57. The van der Waals surface area contributed by atoms with E-state index in [9.17, 15) is 0 Å². The Kier molecular flexibility index (Phi) is 3.33. The van der Waals surface area contributed by atoms with Crippen LogP contribution in [0.25, 0.3) is 21.9 Å². The summed E-state index contributed by atoms with van der Waals surface area (Å²) < 4.78 is 0. The van der Waals surface area contributed by atoms with Crippen LogP contribution in [0.4, 0.5) is 0 Å². The second kappa shape index (κ2) is 5.70. The fourth-order valence-electron chi connectivity index (χ4n) is 6.91. The van der Waals surface area contributed by atoms with Crippen molar-refractivity contribution in [1.82, 2.24) is 0 Å². The van der Waals surface area contributed by atoms with Gasteiger partial charge in [-0.2, -0.15) is 0 Å². The van der Waals surface area contributed by atoms with E-state index in [1.807, 2.05) is 0 Å². The largest absolute Gasteiger partial charge is 0.103 e. The minimum Gasteiger partial charge on any atom is -0.103 e. The van der Waals surface area contributed by atoms with Gasteiger partial charge in [-0.3, -0.25) is 0 Å². The normalized spacial score (nSPS) is 32.3. The topological polar surface area (TPSA) is 0 Å². The lowest BCUT2D eigenvalue weighted by Gasteiger charge is -2.30. The molecule has 0 bridgehead atoms. The zero-order valence-corrected chi connectivity index (χ0v) is 16.3. The summed E-state index contributed by atoms with van der Waals surface area (Å²) in [7, 11) is 0. The molecule has 0 nitrogen and oxygen atoms in total. The van der Waals surface area contributed by atoms with Crippen molar-refractivity contribution in [3.05, 3.63) is 97.1 Å². The highest BCUT2D eigenvalue weighted by Crippen LogP contribution is 2.65. The molecule has 0 radical (unpaired) electrons. The van der Waals surface area contributed by atoms with Crippen LogP contribution in [0, 0.1) is 23.7 Å². The lowest BCUT2D eigenvalue weighted by Crippen LogP contribution is -2.23. The third-order valence-corrected chi connectivity index (χ3v) is 8.10. The van der Waals surface area contributed by atoms with Gasteiger partial charge < -0.3 is 0 Å². The van der Waals surface area contributed by atoms with Crippen LogP contribution in [0.3, 0.4) is 0 Å². The number of fused-ring (bicyclic) bond motifs is 7. The molecule has 0 aromatic heterocycles. The number of benzene rings is 3. The molecule has 0 amide bonds. The summed E-state index contributed by atoms with van der Waals surface area (Å²) in [5, 5.41) is 2.71. The summed E-state index contributed by atoms with van der Waals surface area (Å²) in [5.74, 6) is 2.71. The third kappa shape index (κ3) is 1.96. The maximum Gasteiger partial charge on any atom is 0.0221 e. The molecule has 4 unspecified atom stereocenters. The SMILES string of the molecule is C=CC1CC(C=C)C2CC3(CC12)c1ccccc1-c1cc2ccccc2cc13. The maximum absolute atomic E-state index is 4.18. The third-order valence-electron chi connectivity index (χ3n) is 8.10. The van der Waals surface area contributed by atoms with Crippen LogP contribution in [0.2, 0.25) is 0 Å². The first-order valence-corrected chi connectivity index (χ1v) is 10.6. The minimum absolute atomic E-state index is 0.161. The highest BCUT2D eigenvalue weighted by atomic mass is 14.6. The molecule has 0 N–H and O–H groups in total. The van der Waals surface area contributed by atoms with Gasteiger partial charge in [0.25, 0.3) is 0 Å². The Hall–Kier alpha value is -2.60. The first kappa shape index (κ1) is 16.4. The fraction of sp³-hybridized carbons (Fsp3) is 0.286. The van der Waals surface area contributed by atoms with E-state index in [1.165, 1.54) is 41.2 Å². The van der Waals surface area contributed by atoms with Crippen LogP contribution in [0.5, 0.6) is 0 Å². The molecule has 3 aromatic carbocycles. The molecule has 3 aromatic rings. The van der Waals surface area contributed by atoms with Gasteiger partial charge in [-0.05, 0) is 88.1 Å². The van der Waals surface area contributed by atoms with Gasteiger partial charge in [-0.25, -0.2) is 0 Å². The summed E-state index contributed by atoms with van der Waals surface area (Å²) in [4.78, 5) is 0. The first-order chi connectivity index (χ1) is 13.7. The monoisotopic (exact) mass is 362 g/mol. The zero-order chi connectivity index (χ0) is 18.9. The fourth-order valence-corrected chi connectivity index (χ4v) is 6.91. The molecule has 0 heterocycles. The Morgan fingerprint density at radius 1 is 0.714 bits per heavy atom. The quantitative estimate of drug-likeness (QED) is 0.425. The Labute approximate surface area is 167 Å². The Bertz CT molecular complexity index is 1100. The van der Waals surface area contributed by atoms with Crippen molar-refractivity contribution in [1.29, 1.82) is 0 Å². The lowest BCUT2D eigenvalue weighted by atomic mass is 9.73. The summed E-state index contributed by atoms with van der Waals surface area (Å²) >= 11 is 0. The molecule has 0 heteroatoms. The predicted octanol–water partition coefficient (Wildman–Crippen LogP) is 7.14. The summed E-state index contributed by atoms with van der Waals surface area (Å²) in [6.07, 6.45) is 8.19. The second-order valence-corrected chi connectivity index (χ2v) is 9.14. The molecule has 2 saturated carbocycles. The van der Waals surface area contributed by atoms with Crippen LogP contribution in [0.15, 0.2) is 86.0 Å². The van der Waals surface area contributed by atoms with E-state index >= 15 is 0 Å². The first-order valence-electron chi connectivity index (χ1n) is 10.6. The average Bonchev–Trinajstić information content (AvgIpc) is 3.36. The molecular weight excluding hydrogens is 336 g/mol. The van der Waals surface area contributed by atoms with Gasteiger partial charge in [0.1, 0.15) is 0 Å². The van der Waals surface area contributed by atoms with Crippen molar-refractivity contribution in [2.75, 3.05) is 0 Å². The number of hydrogen-bond donors (Lipinski definition) is 0. The van der Waals surface area contributed by atoms with Crippen molar-refractivity contribution in [3.8, 4) is 11.1 Å². The van der Waals surface area contributed by atoms with E-state index in [1.54, 1.807) is 11.1 Å². The standard InChI is InChI=1S/C28H26/c1-3-18-13-19(4-2)25-17-28(16-24(18)25)26-12-8-7-11-22(26)23-14-20-9-5-6-10-21(20)15-27(23)28/h3-12,14-15,18-19,24-25H,1-2,13,16-17H2. The average molecular weight is 363 g/mol. The summed E-state index contributed by atoms with van der Waals surface area (Å²) in [5.41, 5.74) is 6.19. The highest BCUT2D eigenvalue weighted by molar-refractivity contribution is 5.93. The van der Waals surface area contributed by atoms with Gasteiger partial charge in [-0.1, -0.05) is 60.7 Å². The van der Waals surface area contributed by atoms with Gasteiger partial charge in [0.15, 0.2) is 0 Å². The van der Waals surface area contributed by atoms with E-state index in [-0.39, 0.29) is 5.41 Å². The minimum atomic E-state index is 0.161. The molecule has 1 spiro atoms. The van der Waals surface area contributed by atoms with E-state index in [4.69, 9.17) is 0 Å². The van der Waals surface area contributed by atoms with Crippen LogP contribution in [0.1, 0.15) is 30.4 Å². The van der Waals surface area contributed by atoms with E-state index in [0.29, 0.717) is 11.8 Å². The van der Waals surface area contributed by atoms with E-state index in [0.717, 1.165) is 11.8 Å². The van der Waals surface area contributed by atoms with Gasteiger partial charge in [-0.15, -0.1) is 13.2 Å². The van der Waals surface area contributed by atoms with Crippen LogP contribution in [-0.4, -0.2) is 0 Å². The van der Waals surface area contributed by atoms with E-state index in [2.05, 4.69) is 86.0 Å². The second-order valence-electron chi connectivity index (χ2n) is 9.14. The van der Waals surface area contributed by atoms with Crippen molar-refractivity contribution in [3.63, 3.8) is 0 Å². The van der Waals surface area contributed by atoms with Crippen LogP contribution in [-0.2, 0) is 5.41 Å². The molecule has 0 saturated heterocycles. The van der Waals surface area contributed by atoms with Gasteiger partial charge in [0, 0.05) is 5.41 Å². The van der Waals surface area contributed by atoms with Crippen molar-refractivity contribution < 1.29 is 0 Å². The van der Waals surface area contributed by atoms with Crippen LogP contribution >= 0.6 is 0 Å². The number of rotatable bonds is 2. The molecule has 0 aliphatic heterocycles. The Morgan fingerprint density at radius 2 is 1.32 bits per heavy atom.